The van der Waals surface area contributed by atoms with Crippen LogP contribution in [0.5, 0.6) is 0 Å². The molecule has 2 aromatic rings. The second-order valence-electron chi connectivity index (χ2n) is 4.32. The topological polar surface area (TPSA) is 91.6 Å². The first-order chi connectivity index (χ1) is 9.95. The number of carbonyl (C=O) groups excluding carboxylic acids is 1. The maximum atomic E-state index is 11.7. The Morgan fingerprint density at radius 1 is 1.29 bits per heavy atom. The number of amides is 2. The molecule has 110 valence electrons. The zero-order valence-corrected chi connectivity index (χ0v) is 11.9. The number of carbonyl (C=O) groups is 2. The number of hydrogen-bond acceptors (Lipinski definition) is 3. The molecule has 3 N–H and O–H groups in total. The van der Waals surface area contributed by atoms with E-state index in [9.17, 15) is 9.59 Å². The van der Waals surface area contributed by atoms with Crippen molar-refractivity contribution in [3.8, 4) is 0 Å². The number of aromatic carboxylic acids is 1. The molecule has 6 nitrogen and oxygen atoms in total. The van der Waals surface area contributed by atoms with E-state index in [1.807, 2.05) is 6.92 Å². The molecular weight excluding hydrogens is 296 g/mol. The monoisotopic (exact) mass is 308 g/mol. The van der Waals surface area contributed by atoms with E-state index in [4.69, 9.17) is 21.1 Å². The molecule has 0 spiro atoms. The van der Waals surface area contributed by atoms with Gasteiger partial charge in [-0.15, -0.1) is 0 Å². The minimum atomic E-state index is -1.08. The van der Waals surface area contributed by atoms with Gasteiger partial charge in [0, 0.05) is 0 Å². The number of benzene rings is 1. The van der Waals surface area contributed by atoms with E-state index in [0.29, 0.717) is 11.4 Å². The van der Waals surface area contributed by atoms with E-state index >= 15 is 0 Å². The molecule has 2 amide bonds. The van der Waals surface area contributed by atoms with Crippen LogP contribution in [0.3, 0.4) is 0 Å². The summed E-state index contributed by atoms with van der Waals surface area (Å²) in [5.41, 5.74) is 0.381. The molecule has 0 unspecified atom stereocenters. The summed E-state index contributed by atoms with van der Waals surface area (Å²) in [4.78, 5) is 22.5. The molecule has 1 aromatic heterocycles. The van der Waals surface area contributed by atoms with Crippen LogP contribution in [0.2, 0.25) is 5.02 Å². The Labute approximate surface area is 125 Å². The second-order valence-corrected chi connectivity index (χ2v) is 4.73. The minimum absolute atomic E-state index is 0.0528. The van der Waals surface area contributed by atoms with Crippen LogP contribution in [0.1, 0.15) is 21.9 Å². The smallest absolute Gasteiger partial charge is 0.335 e. The van der Waals surface area contributed by atoms with Gasteiger partial charge in [0.1, 0.15) is 11.5 Å². The second kappa shape index (κ2) is 6.32. The van der Waals surface area contributed by atoms with Crippen LogP contribution in [0, 0.1) is 6.92 Å². The number of carboxylic acids is 1. The number of anilines is 1. The molecule has 0 aliphatic rings. The molecule has 0 bridgehead atoms. The summed E-state index contributed by atoms with van der Waals surface area (Å²) in [6, 6.07) is 7.17. The Morgan fingerprint density at radius 3 is 2.62 bits per heavy atom. The van der Waals surface area contributed by atoms with Crippen LogP contribution < -0.4 is 10.6 Å². The highest BCUT2D eigenvalue weighted by Crippen LogP contribution is 2.23. The van der Waals surface area contributed by atoms with Gasteiger partial charge >= 0.3 is 12.0 Å². The highest BCUT2D eigenvalue weighted by atomic mass is 35.5. The summed E-state index contributed by atoms with van der Waals surface area (Å²) < 4.78 is 5.32. The number of halogens is 1. The first-order valence-corrected chi connectivity index (χ1v) is 6.46. The number of urea groups is 1. The molecule has 7 heteroatoms. The number of furan rings is 1. The van der Waals surface area contributed by atoms with E-state index in [1.165, 1.54) is 18.2 Å². The molecule has 0 aliphatic carbocycles. The summed E-state index contributed by atoms with van der Waals surface area (Å²) in [5.74, 6) is 0.315. The normalized spacial score (nSPS) is 10.2. The number of aryl methyl sites for hydroxylation is 1. The van der Waals surface area contributed by atoms with Crippen LogP contribution in [-0.2, 0) is 6.54 Å². The third-order valence-corrected chi connectivity index (χ3v) is 3.00. The van der Waals surface area contributed by atoms with Crippen molar-refractivity contribution in [2.75, 3.05) is 5.32 Å². The first-order valence-electron chi connectivity index (χ1n) is 6.08. The first kappa shape index (κ1) is 14.9. The molecular formula is C14H13ClN2O4. The van der Waals surface area contributed by atoms with Crippen molar-refractivity contribution in [2.45, 2.75) is 13.5 Å². The number of carboxylic acid groups (broad SMARTS) is 1. The van der Waals surface area contributed by atoms with E-state index in [0.717, 1.165) is 5.76 Å². The van der Waals surface area contributed by atoms with Crippen LogP contribution in [0.4, 0.5) is 10.5 Å². The van der Waals surface area contributed by atoms with E-state index in [-0.39, 0.29) is 17.1 Å². The van der Waals surface area contributed by atoms with Crippen molar-refractivity contribution in [2.24, 2.45) is 0 Å². The van der Waals surface area contributed by atoms with Crippen LogP contribution in [0.15, 0.2) is 34.7 Å². The van der Waals surface area contributed by atoms with Gasteiger partial charge in [-0.3, -0.25) is 0 Å². The SMILES string of the molecule is Cc1ccc(CNC(=O)Nc2ccc(C(=O)O)cc2Cl)o1. The molecule has 0 fully saturated rings. The summed E-state index contributed by atoms with van der Waals surface area (Å²) in [5, 5.41) is 14.1. The Balaban J connectivity index is 1.94. The Bertz CT molecular complexity index is 681. The van der Waals surface area contributed by atoms with Crippen LogP contribution in [-0.4, -0.2) is 17.1 Å². The predicted octanol–water partition coefficient (Wildman–Crippen LogP) is 3.26. The fourth-order valence-corrected chi connectivity index (χ4v) is 1.89. The van der Waals surface area contributed by atoms with Gasteiger partial charge in [0.2, 0.25) is 0 Å². The van der Waals surface area contributed by atoms with Crippen LogP contribution in [0.25, 0.3) is 0 Å². The average molecular weight is 309 g/mol. The predicted molar refractivity (Wildman–Crippen MR) is 77.7 cm³/mol. The van der Waals surface area contributed by atoms with E-state index in [2.05, 4.69) is 10.6 Å². The molecule has 0 radical (unpaired) electrons. The molecule has 0 saturated heterocycles. The summed E-state index contributed by atoms with van der Waals surface area (Å²) >= 11 is 5.91. The van der Waals surface area contributed by atoms with Gasteiger partial charge in [-0.05, 0) is 37.3 Å². The summed E-state index contributed by atoms with van der Waals surface area (Å²) in [7, 11) is 0. The van der Waals surface area contributed by atoms with Crippen molar-refractivity contribution in [1.29, 1.82) is 0 Å². The molecule has 0 atom stereocenters. The minimum Gasteiger partial charge on any atom is -0.478 e. The fraction of sp³-hybridized carbons (Fsp3) is 0.143. The Morgan fingerprint density at radius 2 is 2.05 bits per heavy atom. The van der Waals surface area contributed by atoms with Gasteiger partial charge in [-0.2, -0.15) is 0 Å². The zero-order chi connectivity index (χ0) is 15.4. The third-order valence-electron chi connectivity index (χ3n) is 2.68. The van der Waals surface area contributed by atoms with Crippen molar-refractivity contribution in [1.82, 2.24) is 5.32 Å². The van der Waals surface area contributed by atoms with Gasteiger partial charge in [0.25, 0.3) is 0 Å². The molecule has 0 aliphatic heterocycles. The van der Waals surface area contributed by atoms with Crippen molar-refractivity contribution in [3.05, 3.63) is 52.4 Å². The lowest BCUT2D eigenvalue weighted by Gasteiger charge is -2.08. The maximum absolute atomic E-state index is 11.7. The van der Waals surface area contributed by atoms with Crippen molar-refractivity contribution < 1.29 is 19.1 Å². The number of rotatable bonds is 4. The van der Waals surface area contributed by atoms with Crippen molar-refractivity contribution >= 4 is 29.3 Å². The van der Waals surface area contributed by atoms with Gasteiger partial charge in [0.05, 0.1) is 22.8 Å². The van der Waals surface area contributed by atoms with E-state index < -0.39 is 12.0 Å². The molecule has 2 rings (SSSR count). The lowest BCUT2D eigenvalue weighted by atomic mass is 10.2. The lowest BCUT2D eigenvalue weighted by molar-refractivity contribution is 0.0697. The molecule has 1 heterocycles. The summed E-state index contributed by atoms with van der Waals surface area (Å²) in [6.07, 6.45) is 0. The van der Waals surface area contributed by atoms with E-state index in [1.54, 1.807) is 12.1 Å². The average Bonchev–Trinajstić information content (AvgIpc) is 2.84. The summed E-state index contributed by atoms with van der Waals surface area (Å²) in [6.45, 7) is 2.05. The van der Waals surface area contributed by atoms with Crippen LogP contribution >= 0.6 is 11.6 Å². The van der Waals surface area contributed by atoms with Gasteiger partial charge in [-0.1, -0.05) is 11.6 Å². The number of hydrogen-bond donors (Lipinski definition) is 3. The largest absolute Gasteiger partial charge is 0.478 e. The van der Waals surface area contributed by atoms with Gasteiger partial charge in [0.15, 0.2) is 0 Å². The van der Waals surface area contributed by atoms with Gasteiger partial charge in [-0.25, -0.2) is 9.59 Å². The highest BCUT2D eigenvalue weighted by molar-refractivity contribution is 6.34. The standard InChI is InChI=1S/C14H13ClN2O4/c1-8-2-4-10(21-8)7-16-14(20)17-12-5-3-9(13(18)19)6-11(12)15/h2-6H,7H2,1H3,(H,18,19)(H2,16,17,20). The number of nitrogens with one attached hydrogen (secondary N) is 2. The molecule has 0 saturated carbocycles. The Hall–Kier alpha value is -2.47. The maximum Gasteiger partial charge on any atom is 0.335 e. The molecule has 1 aromatic carbocycles. The zero-order valence-electron chi connectivity index (χ0n) is 11.1. The fourth-order valence-electron chi connectivity index (χ4n) is 1.66. The highest BCUT2D eigenvalue weighted by Gasteiger charge is 2.10. The van der Waals surface area contributed by atoms with Gasteiger partial charge < -0.3 is 20.2 Å². The molecule has 21 heavy (non-hydrogen) atoms. The quantitative estimate of drug-likeness (QED) is 0.808. The lowest BCUT2D eigenvalue weighted by Crippen LogP contribution is -2.28. The Kier molecular flexibility index (Phi) is 4.49. The van der Waals surface area contributed by atoms with Crippen molar-refractivity contribution in [3.63, 3.8) is 0 Å². The third kappa shape index (κ3) is 4.00.